The van der Waals surface area contributed by atoms with Crippen LogP contribution in [-0.4, -0.2) is 98.1 Å². The van der Waals surface area contributed by atoms with E-state index in [-0.39, 0.29) is 11.5 Å². The molecule has 0 fully saturated rings. The minimum atomic E-state index is 0.267. The summed E-state index contributed by atoms with van der Waals surface area (Å²) >= 11 is 0. The fraction of sp³-hybridized carbons (Fsp3) is 0.182. The van der Waals surface area contributed by atoms with Gasteiger partial charge in [0.1, 0.15) is 17.2 Å². The molecule has 0 aliphatic carbocycles. The number of nitrogens with two attached hydrogens (primary N) is 1. The molecule has 0 aliphatic heterocycles. The lowest BCUT2D eigenvalue weighted by molar-refractivity contribution is 0.221. The summed E-state index contributed by atoms with van der Waals surface area (Å²) in [5, 5.41) is 41.3. The fourth-order valence-electron chi connectivity index (χ4n) is 10.7. The van der Waals surface area contributed by atoms with E-state index < -0.39 is 0 Å². The summed E-state index contributed by atoms with van der Waals surface area (Å²) in [6.45, 7) is 8.49. The van der Waals surface area contributed by atoms with Gasteiger partial charge in [-0.25, -0.2) is 0 Å². The van der Waals surface area contributed by atoms with Crippen LogP contribution in [0.1, 0.15) is 22.3 Å². The van der Waals surface area contributed by atoms with Gasteiger partial charge in [0, 0.05) is 82.7 Å². The first-order valence-electron chi connectivity index (χ1n) is 26.0. The topological polar surface area (TPSA) is 111 Å². The number of fused-ring (bicyclic) bond motifs is 9. The maximum Gasteiger partial charge on any atom is 0.144 e. The molecule has 0 aliphatic rings. The molecule has 5 N–H and O–H groups in total. The van der Waals surface area contributed by atoms with E-state index in [1.807, 2.05) is 87.7 Å². The monoisotopic (exact) mass is 1010 g/mol. The van der Waals surface area contributed by atoms with Gasteiger partial charge in [-0.1, -0.05) is 133 Å². The molecule has 10 heteroatoms. The van der Waals surface area contributed by atoms with E-state index in [9.17, 15) is 15.3 Å². The molecule has 0 unspecified atom stereocenters. The molecule has 0 amide bonds. The molecule has 0 saturated heterocycles. The Kier molecular flexibility index (Phi) is 14.9. The van der Waals surface area contributed by atoms with E-state index in [2.05, 4.69) is 171 Å². The molecule has 3 aromatic heterocycles. The number of aryl methyl sites for hydroxylation is 2. The van der Waals surface area contributed by atoms with Crippen molar-refractivity contribution in [2.24, 2.45) is 5.73 Å². The molecule has 0 radical (unpaired) electrons. The highest BCUT2D eigenvalue weighted by molar-refractivity contribution is 6.11. The van der Waals surface area contributed by atoms with Crippen LogP contribution >= 0.6 is 0 Å². The Morgan fingerprint density at radius 1 is 0.368 bits per heavy atom. The van der Waals surface area contributed by atoms with Gasteiger partial charge in [0.05, 0.1) is 50.2 Å². The number of hydrogen-bond donors (Lipinski definition) is 4. The average Bonchev–Trinajstić information content (AvgIpc) is 4.11. The number of phenols is 3. The molecule has 10 nitrogen and oxygen atoms in total. The lowest BCUT2D eigenvalue weighted by atomic mass is 10.1. The van der Waals surface area contributed by atoms with Crippen molar-refractivity contribution in [1.82, 2.24) is 28.4 Å². The molecule has 9 aromatic carbocycles. The van der Waals surface area contributed by atoms with Gasteiger partial charge < -0.3 is 44.6 Å². The highest BCUT2D eigenvalue weighted by Crippen LogP contribution is 2.40. The van der Waals surface area contributed by atoms with Crippen molar-refractivity contribution in [2.45, 2.75) is 26.9 Å². The number of aromatic nitrogens is 3. The molecule has 0 spiro atoms. The summed E-state index contributed by atoms with van der Waals surface area (Å²) in [5.41, 5.74) is 17.9. The minimum Gasteiger partial charge on any atom is -0.506 e. The molecule has 76 heavy (non-hydrogen) atoms. The van der Waals surface area contributed by atoms with Gasteiger partial charge >= 0.3 is 0 Å². The Bertz CT molecular complexity index is 3850. The minimum absolute atomic E-state index is 0.267. The van der Waals surface area contributed by atoms with Crippen LogP contribution in [0.5, 0.6) is 17.2 Å². The third-order valence-corrected chi connectivity index (χ3v) is 14.2. The predicted octanol–water partition coefficient (Wildman–Crippen LogP) is 13.5. The Labute approximate surface area is 444 Å². The van der Waals surface area contributed by atoms with Crippen molar-refractivity contribution in [1.29, 1.82) is 0 Å². The maximum absolute atomic E-state index is 12.0. The zero-order valence-electron chi connectivity index (χ0n) is 44.3. The summed E-state index contributed by atoms with van der Waals surface area (Å²) in [5.74, 6) is 0.839. The number of likely N-dealkylation sites (N-methyl/N-ethyl adjacent to an activating group) is 2. The molecule has 384 valence electrons. The summed E-state index contributed by atoms with van der Waals surface area (Å²) in [6, 6.07) is 66.0. The quantitative estimate of drug-likeness (QED) is 0.0965. The van der Waals surface area contributed by atoms with Gasteiger partial charge in [0.15, 0.2) is 0 Å². The molecular formula is C66H67N7O3. The molecule has 3 heterocycles. The predicted molar refractivity (Wildman–Crippen MR) is 317 cm³/mol. The highest BCUT2D eigenvalue weighted by Gasteiger charge is 2.22. The van der Waals surface area contributed by atoms with E-state index in [1.54, 1.807) is 6.07 Å². The zero-order chi connectivity index (χ0) is 53.0. The van der Waals surface area contributed by atoms with Crippen LogP contribution in [0.4, 0.5) is 0 Å². The fourth-order valence-corrected chi connectivity index (χ4v) is 10.7. The van der Waals surface area contributed by atoms with Gasteiger partial charge in [-0.2, -0.15) is 0 Å². The van der Waals surface area contributed by atoms with E-state index >= 15 is 0 Å². The molecule has 12 aromatic rings. The van der Waals surface area contributed by atoms with E-state index in [4.69, 9.17) is 5.73 Å². The van der Waals surface area contributed by atoms with Crippen molar-refractivity contribution in [3.05, 3.63) is 216 Å². The van der Waals surface area contributed by atoms with E-state index in [0.29, 0.717) is 18.8 Å². The lowest BCUT2D eigenvalue weighted by Crippen LogP contribution is -2.31. The van der Waals surface area contributed by atoms with Crippen LogP contribution < -0.4 is 5.73 Å². The Balaban J connectivity index is 0.000000200. The summed E-state index contributed by atoms with van der Waals surface area (Å²) < 4.78 is 6.48. The Morgan fingerprint density at radius 3 is 1.17 bits per heavy atom. The maximum atomic E-state index is 12.0. The van der Waals surface area contributed by atoms with E-state index in [1.165, 1.54) is 10.8 Å². The Morgan fingerprint density at radius 2 is 0.750 bits per heavy atom. The zero-order valence-corrected chi connectivity index (χ0v) is 44.3. The average molecular weight is 1010 g/mol. The van der Waals surface area contributed by atoms with Crippen molar-refractivity contribution in [3.8, 4) is 34.3 Å². The third kappa shape index (κ3) is 10.1. The molecular weight excluding hydrogens is 939 g/mol. The molecule has 0 atom stereocenters. The van der Waals surface area contributed by atoms with Crippen LogP contribution in [0, 0.1) is 13.8 Å². The van der Waals surface area contributed by atoms with Crippen LogP contribution in [0.25, 0.3) is 82.5 Å². The van der Waals surface area contributed by atoms with Crippen molar-refractivity contribution in [2.75, 3.05) is 54.4 Å². The first kappa shape index (κ1) is 51.1. The number of hydrogen-bond acceptors (Lipinski definition) is 7. The van der Waals surface area contributed by atoms with Gasteiger partial charge in [-0.15, -0.1) is 0 Å². The van der Waals surface area contributed by atoms with Crippen LogP contribution in [0.2, 0.25) is 0 Å². The number of phenolic OH excluding ortho intramolecular Hbond substituents is 3. The van der Waals surface area contributed by atoms with Crippen molar-refractivity contribution in [3.63, 3.8) is 0 Å². The van der Waals surface area contributed by atoms with Crippen LogP contribution in [0.15, 0.2) is 194 Å². The van der Waals surface area contributed by atoms with Crippen LogP contribution in [0.3, 0.4) is 0 Å². The number of nitrogens with zero attached hydrogens (tertiary/aromatic N) is 6. The summed E-state index contributed by atoms with van der Waals surface area (Å²) in [6.07, 6.45) is 0. The summed E-state index contributed by atoms with van der Waals surface area (Å²) in [4.78, 5) is 6.54. The standard InChI is InChI=1S/C43H40N4O2.C19H15NO.C4H12N2/c1-29-25-31(43(49)41(26-29)47-38-20-10-6-16-34(38)35-17-7-11-21-39(35)47)28-45(24-23-44(2)3)27-30-13-12-22-40(42(30)48)46-36-18-8-4-14-32(36)33-15-5-9-19-37(33)46;1-13-10-11-19(21)18(12-13)20-16-8-4-2-6-14(16)15-7-3-5-9-17(15)20;1-6(2)4-3-5/h4-22,25-26,48-49H,23-24,27-28H2,1-3H3;2-12,21H,1H3;3-5H2,1-2H3. The van der Waals surface area contributed by atoms with E-state index in [0.717, 1.165) is 120 Å². The largest absolute Gasteiger partial charge is 0.506 e. The molecule has 12 rings (SSSR count). The van der Waals surface area contributed by atoms with Gasteiger partial charge in [-0.3, -0.25) is 4.90 Å². The second-order valence-corrected chi connectivity index (χ2v) is 20.3. The Hall–Kier alpha value is -8.38. The first-order chi connectivity index (χ1) is 36.9. The third-order valence-electron chi connectivity index (χ3n) is 14.2. The number of benzene rings is 9. The van der Waals surface area contributed by atoms with Gasteiger partial charge in [0.2, 0.25) is 0 Å². The molecule has 0 saturated carbocycles. The smallest absolute Gasteiger partial charge is 0.144 e. The summed E-state index contributed by atoms with van der Waals surface area (Å²) in [7, 11) is 8.16. The molecule has 0 bridgehead atoms. The second-order valence-electron chi connectivity index (χ2n) is 20.3. The highest BCUT2D eigenvalue weighted by atomic mass is 16.3. The van der Waals surface area contributed by atoms with Crippen LogP contribution in [-0.2, 0) is 13.1 Å². The second kappa shape index (κ2) is 22.2. The van der Waals surface area contributed by atoms with Crippen molar-refractivity contribution < 1.29 is 15.3 Å². The number of para-hydroxylation sites is 7. The normalized spacial score (nSPS) is 11.7. The van der Waals surface area contributed by atoms with Gasteiger partial charge in [-0.05, 0) is 114 Å². The first-order valence-corrected chi connectivity index (χ1v) is 26.0. The number of rotatable bonds is 12. The number of aromatic hydroxyl groups is 3. The van der Waals surface area contributed by atoms with Crippen molar-refractivity contribution >= 4 is 65.4 Å². The lowest BCUT2D eigenvalue weighted by Gasteiger charge is -2.26. The van der Waals surface area contributed by atoms with Gasteiger partial charge in [0.25, 0.3) is 0 Å². The SMILES string of the molecule is CN(C)CCN.Cc1cc(CN(CCN(C)C)Cc2cccc(-n3c4ccccc4c4ccccc43)c2O)c(O)c(-n2c3ccccc3c3ccccc32)c1.Cc1ccc(O)c(-n2c3ccccc3c3ccccc32)c1.